The number of nitrogens with one attached hydrogen (secondary N) is 2. The Morgan fingerprint density at radius 2 is 2.11 bits per heavy atom. The minimum Gasteiger partial charge on any atom is -0.383 e. The molecule has 0 fully saturated rings. The fraction of sp³-hybridized carbons (Fsp3) is 0.455. The van der Waals surface area contributed by atoms with Crippen LogP contribution in [0.1, 0.15) is 6.92 Å². The first-order chi connectivity index (χ1) is 8.31. The SMILES string of the molecule is COCC(C)Nc1cc(NS(C)(=O)=O)ccc1Cl. The fourth-order valence-corrected chi connectivity index (χ4v) is 2.20. The van der Waals surface area contributed by atoms with E-state index >= 15 is 0 Å². The van der Waals surface area contributed by atoms with Gasteiger partial charge in [-0.2, -0.15) is 0 Å². The fourth-order valence-electron chi connectivity index (χ4n) is 1.47. The highest BCUT2D eigenvalue weighted by Crippen LogP contribution is 2.26. The van der Waals surface area contributed by atoms with E-state index in [4.69, 9.17) is 16.3 Å². The van der Waals surface area contributed by atoms with Crippen molar-refractivity contribution in [3.63, 3.8) is 0 Å². The van der Waals surface area contributed by atoms with Gasteiger partial charge in [0.15, 0.2) is 0 Å². The van der Waals surface area contributed by atoms with Gasteiger partial charge in [-0.3, -0.25) is 4.72 Å². The summed E-state index contributed by atoms with van der Waals surface area (Å²) in [7, 11) is -1.68. The molecule has 1 aromatic carbocycles. The number of rotatable bonds is 6. The third-order valence-corrected chi connectivity index (χ3v) is 3.02. The Labute approximate surface area is 113 Å². The normalized spacial score (nSPS) is 13.1. The molecule has 5 nitrogen and oxygen atoms in total. The van der Waals surface area contributed by atoms with Gasteiger partial charge in [-0.25, -0.2) is 8.42 Å². The molecule has 102 valence electrons. The molecule has 0 bridgehead atoms. The lowest BCUT2D eigenvalue weighted by molar-refractivity contribution is 0.190. The maximum absolute atomic E-state index is 11.1. The number of anilines is 2. The highest BCUT2D eigenvalue weighted by molar-refractivity contribution is 7.92. The molecule has 18 heavy (non-hydrogen) atoms. The van der Waals surface area contributed by atoms with Crippen molar-refractivity contribution in [1.82, 2.24) is 0 Å². The van der Waals surface area contributed by atoms with Crippen LogP contribution in [-0.4, -0.2) is 34.4 Å². The van der Waals surface area contributed by atoms with Crippen LogP contribution in [0.3, 0.4) is 0 Å². The van der Waals surface area contributed by atoms with E-state index in [1.54, 1.807) is 25.3 Å². The first kappa shape index (κ1) is 15.1. The smallest absolute Gasteiger partial charge is 0.229 e. The van der Waals surface area contributed by atoms with Crippen LogP contribution in [0.2, 0.25) is 5.02 Å². The zero-order valence-corrected chi connectivity index (χ0v) is 12.1. The summed E-state index contributed by atoms with van der Waals surface area (Å²) in [4.78, 5) is 0. The molecule has 0 saturated carbocycles. The summed E-state index contributed by atoms with van der Waals surface area (Å²) in [5.41, 5.74) is 1.13. The van der Waals surface area contributed by atoms with Gasteiger partial charge in [0.25, 0.3) is 0 Å². The molecule has 0 heterocycles. The first-order valence-corrected chi connectivity index (χ1v) is 7.61. The molecule has 1 rings (SSSR count). The van der Waals surface area contributed by atoms with Crippen LogP contribution in [0.5, 0.6) is 0 Å². The number of methoxy groups -OCH3 is 1. The van der Waals surface area contributed by atoms with E-state index in [9.17, 15) is 8.42 Å². The molecule has 1 atom stereocenters. The topological polar surface area (TPSA) is 67.4 Å². The van der Waals surface area contributed by atoms with E-state index in [2.05, 4.69) is 10.0 Å². The number of hydrogen-bond acceptors (Lipinski definition) is 4. The summed E-state index contributed by atoms with van der Waals surface area (Å²) in [6, 6.07) is 4.96. The second kappa shape index (κ2) is 6.26. The van der Waals surface area contributed by atoms with Crippen LogP contribution < -0.4 is 10.0 Å². The molecule has 0 aromatic heterocycles. The van der Waals surface area contributed by atoms with E-state index in [0.717, 1.165) is 6.26 Å². The van der Waals surface area contributed by atoms with E-state index in [1.807, 2.05) is 6.92 Å². The van der Waals surface area contributed by atoms with Crippen LogP contribution in [0.4, 0.5) is 11.4 Å². The first-order valence-electron chi connectivity index (χ1n) is 5.34. The summed E-state index contributed by atoms with van der Waals surface area (Å²) in [6.07, 6.45) is 1.10. The maximum Gasteiger partial charge on any atom is 0.229 e. The molecule has 2 N–H and O–H groups in total. The third-order valence-electron chi connectivity index (χ3n) is 2.09. The van der Waals surface area contributed by atoms with Crippen LogP contribution in [0.25, 0.3) is 0 Å². The Kier molecular flexibility index (Phi) is 5.25. The summed E-state index contributed by atoms with van der Waals surface area (Å²) in [5.74, 6) is 0. The lowest BCUT2D eigenvalue weighted by Crippen LogP contribution is -2.21. The molecule has 0 amide bonds. The Bertz CT molecular complexity index is 505. The Balaban J connectivity index is 2.87. The quantitative estimate of drug-likeness (QED) is 0.843. The molecular weight excluding hydrogens is 276 g/mol. The van der Waals surface area contributed by atoms with Gasteiger partial charge < -0.3 is 10.1 Å². The van der Waals surface area contributed by atoms with Gasteiger partial charge in [0.1, 0.15) is 0 Å². The lowest BCUT2D eigenvalue weighted by atomic mass is 10.2. The van der Waals surface area contributed by atoms with E-state index in [-0.39, 0.29) is 6.04 Å². The molecule has 0 radical (unpaired) electrons. The molecule has 1 aromatic rings. The van der Waals surface area contributed by atoms with Gasteiger partial charge in [-0.15, -0.1) is 0 Å². The Morgan fingerprint density at radius 1 is 1.44 bits per heavy atom. The largest absolute Gasteiger partial charge is 0.383 e. The van der Waals surface area contributed by atoms with Gasteiger partial charge in [-0.1, -0.05) is 11.6 Å². The number of sulfonamides is 1. The van der Waals surface area contributed by atoms with Crippen molar-refractivity contribution in [3.05, 3.63) is 23.2 Å². The predicted octanol–water partition coefficient (Wildman–Crippen LogP) is 2.16. The number of ether oxygens (including phenoxy) is 1. The molecule has 0 aliphatic heterocycles. The summed E-state index contributed by atoms with van der Waals surface area (Å²) in [6.45, 7) is 2.47. The summed E-state index contributed by atoms with van der Waals surface area (Å²) in [5, 5.41) is 3.67. The monoisotopic (exact) mass is 292 g/mol. The van der Waals surface area contributed by atoms with Crippen LogP contribution >= 0.6 is 11.6 Å². The Hall–Kier alpha value is -0.980. The maximum atomic E-state index is 11.1. The highest BCUT2D eigenvalue weighted by atomic mass is 35.5. The van der Waals surface area contributed by atoms with Crippen molar-refractivity contribution in [2.75, 3.05) is 30.0 Å². The van der Waals surface area contributed by atoms with Crippen molar-refractivity contribution in [1.29, 1.82) is 0 Å². The van der Waals surface area contributed by atoms with Crippen molar-refractivity contribution < 1.29 is 13.2 Å². The van der Waals surface area contributed by atoms with Crippen LogP contribution in [0.15, 0.2) is 18.2 Å². The minimum absolute atomic E-state index is 0.0704. The van der Waals surface area contributed by atoms with Crippen molar-refractivity contribution in [2.45, 2.75) is 13.0 Å². The summed E-state index contributed by atoms with van der Waals surface area (Å²) >= 11 is 6.03. The molecule has 0 aliphatic rings. The Morgan fingerprint density at radius 3 is 2.67 bits per heavy atom. The van der Waals surface area contributed by atoms with E-state index in [1.165, 1.54) is 0 Å². The standard InChI is InChI=1S/C11H17ClN2O3S/c1-8(7-17-2)13-11-6-9(4-5-10(11)12)14-18(3,15)16/h4-6,8,13-14H,7H2,1-3H3. The summed E-state index contributed by atoms with van der Waals surface area (Å²) < 4.78 is 29.7. The minimum atomic E-state index is -3.29. The zero-order valence-electron chi connectivity index (χ0n) is 10.5. The molecular formula is C11H17ClN2O3S. The molecule has 7 heteroatoms. The number of hydrogen-bond donors (Lipinski definition) is 2. The average molecular weight is 293 g/mol. The van der Waals surface area contributed by atoms with Gasteiger partial charge in [0.2, 0.25) is 10.0 Å². The average Bonchev–Trinajstić information content (AvgIpc) is 2.21. The van der Waals surface area contributed by atoms with Crippen molar-refractivity contribution in [2.24, 2.45) is 0 Å². The molecule has 1 unspecified atom stereocenters. The van der Waals surface area contributed by atoms with Gasteiger partial charge in [0.05, 0.1) is 29.3 Å². The lowest BCUT2D eigenvalue weighted by Gasteiger charge is -2.16. The molecule has 0 spiro atoms. The predicted molar refractivity (Wildman–Crippen MR) is 74.9 cm³/mol. The van der Waals surface area contributed by atoms with Crippen LogP contribution in [0, 0.1) is 0 Å². The number of benzene rings is 1. The van der Waals surface area contributed by atoms with Crippen LogP contribution in [-0.2, 0) is 14.8 Å². The van der Waals surface area contributed by atoms with Gasteiger partial charge in [-0.05, 0) is 25.1 Å². The second-order valence-electron chi connectivity index (χ2n) is 4.07. The second-order valence-corrected chi connectivity index (χ2v) is 6.23. The molecule has 0 saturated heterocycles. The van der Waals surface area contributed by atoms with Crippen molar-refractivity contribution >= 4 is 33.0 Å². The number of halogens is 1. The zero-order chi connectivity index (χ0) is 13.8. The van der Waals surface area contributed by atoms with Gasteiger partial charge in [0, 0.05) is 13.2 Å². The van der Waals surface area contributed by atoms with E-state index < -0.39 is 10.0 Å². The highest BCUT2D eigenvalue weighted by Gasteiger charge is 2.08. The third kappa shape index (κ3) is 5.12. The van der Waals surface area contributed by atoms with Gasteiger partial charge >= 0.3 is 0 Å². The van der Waals surface area contributed by atoms with Crippen molar-refractivity contribution in [3.8, 4) is 0 Å². The molecule has 0 aliphatic carbocycles. The van der Waals surface area contributed by atoms with E-state index in [0.29, 0.717) is 23.0 Å².